The van der Waals surface area contributed by atoms with Crippen molar-refractivity contribution in [2.45, 2.75) is 240 Å². The van der Waals surface area contributed by atoms with E-state index in [9.17, 15) is 9.59 Å². The molecule has 1 rings (SSSR count). The smallest absolute Gasteiger partial charge is 0.305 e. The lowest BCUT2D eigenvalue weighted by Crippen LogP contribution is -2.37. The molecule has 1 heterocycles. The van der Waals surface area contributed by atoms with Gasteiger partial charge in [0.25, 0.3) is 0 Å². The molecule has 55 heavy (non-hydrogen) atoms. The number of ether oxygens (including phenoxy) is 3. The zero-order chi connectivity index (χ0) is 39.9. The van der Waals surface area contributed by atoms with Crippen molar-refractivity contribution in [3.63, 3.8) is 0 Å². The van der Waals surface area contributed by atoms with Gasteiger partial charge in [-0.25, -0.2) is 0 Å². The second kappa shape index (κ2) is 39.7. The van der Waals surface area contributed by atoms with E-state index in [4.69, 9.17) is 14.2 Å². The Kier molecular flexibility index (Phi) is 37.4. The highest BCUT2D eigenvalue weighted by atomic mass is 16.5. The molecule has 1 aliphatic heterocycles. The first-order valence-corrected chi connectivity index (χ1v) is 24.6. The molecular weight excluding hydrogens is 683 g/mol. The molecule has 0 bridgehead atoms. The standard InChI is InChI=1S/C49H95NO5/c1-5-9-27-46(28-10-6-2)36-41-54-48(51)33-25-21-17-13-15-19-23-31-45(35-38-50-39-43-53-44-40-50)32-24-20-16-14-18-22-26-34-49(52)55-42-37-47(29-11-7-3)30-12-8-4/h45-47H,5-44H2,1-4H3. The Hall–Kier alpha value is -1.14. The fourth-order valence-corrected chi connectivity index (χ4v) is 8.46. The average molecular weight is 778 g/mol. The van der Waals surface area contributed by atoms with Crippen molar-refractivity contribution in [3.05, 3.63) is 0 Å². The van der Waals surface area contributed by atoms with Gasteiger partial charge in [-0.1, -0.05) is 195 Å². The highest BCUT2D eigenvalue weighted by Crippen LogP contribution is 2.24. The van der Waals surface area contributed by atoms with Gasteiger partial charge in [-0.3, -0.25) is 14.5 Å². The first-order valence-electron chi connectivity index (χ1n) is 24.6. The van der Waals surface area contributed by atoms with Crippen molar-refractivity contribution in [2.75, 3.05) is 46.1 Å². The Morgan fingerprint density at radius 1 is 0.436 bits per heavy atom. The number of carbonyl (C=O) groups is 2. The second-order valence-corrected chi connectivity index (χ2v) is 17.5. The number of carbonyl (C=O) groups excluding carboxylic acids is 2. The van der Waals surface area contributed by atoms with Gasteiger partial charge in [0.15, 0.2) is 0 Å². The summed E-state index contributed by atoms with van der Waals surface area (Å²) < 4.78 is 16.8. The van der Waals surface area contributed by atoms with Gasteiger partial charge in [0.2, 0.25) is 0 Å². The minimum absolute atomic E-state index is 0.0148. The van der Waals surface area contributed by atoms with E-state index in [-0.39, 0.29) is 11.9 Å². The summed E-state index contributed by atoms with van der Waals surface area (Å²) in [6.07, 6.45) is 40.1. The van der Waals surface area contributed by atoms with Crippen molar-refractivity contribution >= 4 is 11.9 Å². The third-order valence-corrected chi connectivity index (χ3v) is 12.4. The normalized spacial score (nSPS) is 13.7. The van der Waals surface area contributed by atoms with Crippen LogP contribution in [-0.4, -0.2) is 62.9 Å². The van der Waals surface area contributed by atoms with Crippen molar-refractivity contribution < 1.29 is 23.8 Å². The van der Waals surface area contributed by atoms with E-state index < -0.39 is 0 Å². The minimum Gasteiger partial charge on any atom is -0.466 e. The molecule has 0 spiro atoms. The van der Waals surface area contributed by atoms with Crippen LogP contribution in [0.3, 0.4) is 0 Å². The summed E-state index contributed by atoms with van der Waals surface area (Å²) in [5, 5.41) is 0. The van der Waals surface area contributed by atoms with Gasteiger partial charge in [-0.15, -0.1) is 0 Å². The predicted octanol–water partition coefficient (Wildman–Crippen LogP) is 14.2. The largest absolute Gasteiger partial charge is 0.466 e. The topological polar surface area (TPSA) is 65.1 Å². The Labute approximate surface area is 343 Å². The Balaban J connectivity index is 2.13. The Morgan fingerprint density at radius 2 is 0.764 bits per heavy atom. The number of rotatable bonds is 41. The molecular formula is C49H95NO5. The van der Waals surface area contributed by atoms with Crippen LogP contribution in [0, 0.1) is 17.8 Å². The van der Waals surface area contributed by atoms with Crippen LogP contribution in [0.4, 0.5) is 0 Å². The monoisotopic (exact) mass is 778 g/mol. The van der Waals surface area contributed by atoms with E-state index in [1.165, 1.54) is 167 Å². The van der Waals surface area contributed by atoms with E-state index >= 15 is 0 Å². The van der Waals surface area contributed by atoms with Crippen LogP contribution in [-0.2, 0) is 23.8 Å². The number of hydrogen-bond acceptors (Lipinski definition) is 6. The number of nitrogens with zero attached hydrogens (tertiary/aromatic N) is 1. The van der Waals surface area contributed by atoms with Crippen LogP contribution in [0.25, 0.3) is 0 Å². The molecule has 0 radical (unpaired) electrons. The van der Waals surface area contributed by atoms with E-state index in [2.05, 4.69) is 32.6 Å². The second-order valence-electron chi connectivity index (χ2n) is 17.5. The molecule has 0 saturated carbocycles. The molecule has 0 amide bonds. The molecule has 326 valence electrons. The predicted molar refractivity (Wildman–Crippen MR) is 235 cm³/mol. The third kappa shape index (κ3) is 33.5. The summed E-state index contributed by atoms with van der Waals surface area (Å²) >= 11 is 0. The molecule has 0 aliphatic carbocycles. The van der Waals surface area contributed by atoms with Gasteiger partial charge in [0, 0.05) is 25.9 Å². The number of esters is 2. The lowest BCUT2D eigenvalue weighted by Gasteiger charge is -2.28. The molecule has 0 atom stereocenters. The zero-order valence-corrected chi connectivity index (χ0v) is 37.5. The molecule has 1 aliphatic rings. The van der Waals surface area contributed by atoms with Gasteiger partial charge in [-0.2, -0.15) is 0 Å². The Morgan fingerprint density at radius 3 is 1.15 bits per heavy atom. The number of hydrogen-bond donors (Lipinski definition) is 0. The zero-order valence-electron chi connectivity index (χ0n) is 37.5. The third-order valence-electron chi connectivity index (χ3n) is 12.4. The van der Waals surface area contributed by atoms with E-state index in [0.717, 1.165) is 82.6 Å². The van der Waals surface area contributed by atoms with Crippen LogP contribution in [0.15, 0.2) is 0 Å². The summed E-state index contributed by atoms with van der Waals surface area (Å²) in [6, 6.07) is 0. The summed E-state index contributed by atoms with van der Waals surface area (Å²) in [4.78, 5) is 27.1. The molecule has 6 nitrogen and oxygen atoms in total. The number of unbranched alkanes of at least 4 members (excludes halogenated alkanes) is 16. The summed E-state index contributed by atoms with van der Waals surface area (Å²) in [5.41, 5.74) is 0. The summed E-state index contributed by atoms with van der Waals surface area (Å²) in [6.45, 7) is 15.5. The van der Waals surface area contributed by atoms with Crippen LogP contribution in [0.2, 0.25) is 0 Å². The maximum Gasteiger partial charge on any atom is 0.305 e. The summed E-state index contributed by atoms with van der Waals surface area (Å²) in [7, 11) is 0. The highest BCUT2D eigenvalue weighted by molar-refractivity contribution is 5.69. The SMILES string of the molecule is CCCCC(CCCC)CCOC(=O)CCCCCCCCCC(CCCCCCCCCC(=O)OCCC(CCCC)CCCC)CCN1CCOCC1. The molecule has 0 unspecified atom stereocenters. The Bertz CT molecular complexity index is 758. The average Bonchev–Trinajstić information content (AvgIpc) is 3.20. The van der Waals surface area contributed by atoms with Gasteiger partial charge in [-0.05, 0) is 56.4 Å². The molecule has 0 aromatic carbocycles. The highest BCUT2D eigenvalue weighted by Gasteiger charge is 2.15. The van der Waals surface area contributed by atoms with Crippen LogP contribution >= 0.6 is 0 Å². The van der Waals surface area contributed by atoms with Gasteiger partial charge >= 0.3 is 11.9 Å². The van der Waals surface area contributed by atoms with Crippen LogP contribution in [0.1, 0.15) is 240 Å². The van der Waals surface area contributed by atoms with E-state index in [1.807, 2.05) is 0 Å². The molecule has 0 N–H and O–H groups in total. The molecule has 0 aromatic heterocycles. The van der Waals surface area contributed by atoms with E-state index in [1.54, 1.807) is 0 Å². The van der Waals surface area contributed by atoms with Gasteiger partial charge < -0.3 is 14.2 Å². The molecule has 0 aromatic rings. The van der Waals surface area contributed by atoms with Crippen molar-refractivity contribution in [1.29, 1.82) is 0 Å². The molecule has 1 fully saturated rings. The van der Waals surface area contributed by atoms with Gasteiger partial charge in [0.1, 0.15) is 0 Å². The molecule has 6 heteroatoms. The van der Waals surface area contributed by atoms with Gasteiger partial charge in [0.05, 0.1) is 26.4 Å². The number of morpholine rings is 1. The lowest BCUT2D eigenvalue weighted by atomic mass is 9.91. The van der Waals surface area contributed by atoms with Crippen LogP contribution in [0.5, 0.6) is 0 Å². The summed E-state index contributed by atoms with van der Waals surface area (Å²) in [5.74, 6) is 2.33. The fraction of sp³-hybridized carbons (Fsp3) is 0.959. The maximum absolute atomic E-state index is 12.3. The van der Waals surface area contributed by atoms with Crippen molar-refractivity contribution in [1.82, 2.24) is 4.90 Å². The first kappa shape index (κ1) is 51.9. The van der Waals surface area contributed by atoms with Crippen LogP contribution < -0.4 is 0 Å². The van der Waals surface area contributed by atoms with E-state index in [0.29, 0.717) is 26.1 Å². The molecule has 1 saturated heterocycles. The lowest BCUT2D eigenvalue weighted by molar-refractivity contribution is -0.145. The van der Waals surface area contributed by atoms with Crippen molar-refractivity contribution in [2.24, 2.45) is 17.8 Å². The maximum atomic E-state index is 12.3. The minimum atomic E-state index is 0.0148. The fourth-order valence-electron chi connectivity index (χ4n) is 8.46. The van der Waals surface area contributed by atoms with Crippen molar-refractivity contribution in [3.8, 4) is 0 Å². The first-order chi connectivity index (χ1) is 27.0. The quantitative estimate of drug-likeness (QED) is 0.0455.